The van der Waals surface area contributed by atoms with Crippen LogP contribution in [0.4, 0.5) is 8.78 Å². The first kappa shape index (κ1) is 18.7. The number of halogens is 3. The summed E-state index contributed by atoms with van der Waals surface area (Å²) in [7, 11) is 0. The minimum atomic E-state index is -0.969. The van der Waals surface area contributed by atoms with Crippen LogP contribution in [0.15, 0.2) is 41.4 Å². The van der Waals surface area contributed by atoms with Crippen LogP contribution in [0.5, 0.6) is 0 Å². The second-order valence-electron chi connectivity index (χ2n) is 5.36. The van der Waals surface area contributed by atoms with Gasteiger partial charge in [-0.1, -0.05) is 29.0 Å². The highest BCUT2D eigenvalue weighted by Crippen LogP contribution is 2.22. The van der Waals surface area contributed by atoms with Crippen molar-refractivity contribution in [2.75, 3.05) is 13.2 Å². The van der Waals surface area contributed by atoms with Gasteiger partial charge in [-0.15, -0.1) is 0 Å². The van der Waals surface area contributed by atoms with E-state index in [1.807, 2.05) is 13.0 Å². The van der Waals surface area contributed by atoms with Crippen molar-refractivity contribution in [2.24, 2.45) is 4.99 Å². The quantitative estimate of drug-likeness (QED) is 0.599. The summed E-state index contributed by atoms with van der Waals surface area (Å²) in [5.74, 6) is -2.85. The molecule has 0 saturated carbocycles. The first-order valence-corrected chi connectivity index (χ1v) is 9.10. The van der Waals surface area contributed by atoms with E-state index in [1.165, 1.54) is 17.4 Å². The van der Waals surface area contributed by atoms with Crippen molar-refractivity contribution in [3.8, 4) is 0 Å². The Bertz CT molecular complexity index is 1010. The van der Waals surface area contributed by atoms with Crippen LogP contribution in [0.1, 0.15) is 17.3 Å². The molecule has 2 aromatic carbocycles. The lowest BCUT2D eigenvalue weighted by molar-refractivity contribution is 0.0988. The lowest BCUT2D eigenvalue weighted by Crippen LogP contribution is -2.20. The van der Waals surface area contributed by atoms with Crippen LogP contribution >= 0.6 is 22.9 Å². The fourth-order valence-corrected chi connectivity index (χ4v) is 3.82. The lowest BCUT2D eigenvalue weighted by atomic mass is 10.2. The number of benzene rings is 2. The Hall–Kier alpha value is -2.09. The van der Waals surface area contributed by atoms with Crippen molar-refractivity contribution in [1.29, 1.82) is 0 Å². The number of nitrogens with zero attached hydrogens (tertiary/aromatic N) is 2. The molecule has 0 bridgehead atoms. The molecule has 0 atom stereocenters. The Kier molecular flexibility index (Phi) is 5.80. The van der Waals surface area contributed by atoms with E-state index >= 15 is 0 Å². The molecule has 0 aliphatic heterocycles. The van der Waals surface area contributed by atoms with Gasteiger partial charge in [-0.2, -0.15) is 4.99 Å². The smallest absolute Gasteiger partial charge is 0.285 e. The first-order valence-electron chi connectivity index (χ1n) is 7.91. The molecule has 0 radical (unpaired) electrons. The monoisotopic (exact) mass is 396 g/mol. The zero-order valence-electron chi connectivity index (χ0n) is 13.8. The molecule has 0 N–H and O–H groups in total. The van der Waals surface area contributed by atoms with E-state index in [4.69, 9.17) is 16.3 Å². The number of carbonyl (C=O) groups is 1. The zero-order valence-corrected chi connectivity index (χ0v) is 15.4. The van der Waals surface area contributed by atoms with Crippen molar-refractivity contribution in [3.63, 3.8) is 0 Å². The molecule has 1 aromatic heterocycles. The van der Waals surface area contributed by atoms with Gasteiger partial charge in [-0.25, -0.2) is 8.78 Å². The Balaban J connectivity index is 2.11. The molecule has 0 fully saturated rings. The maximum atomic E-state index is 13.8. The van der Waals surface area contributed by atoms with Gasteiger partial charge >= 0.3 is 0 Å². The van der Waals surface area contributed by atoms with E-state index in [1.54, 1.807) is 16.7 Å². The van der Waals surface area contributed by atoms with Gasteiger partial charge in [0, 0.05) is 18.2 Å². The number of ether oxygens (including phenoxy) is 1. The van der Waals surface area contributed by atoms with Crippen LogP contribution in [0.3, 0.4) is 0 Å². The van der Waals surface area contributed by atoms with Crippen molar-refractivity contribution in [3.05, 3.63) is 63.4 Å². The Labute approximate surface area is 157 Å². The maximum absolute atomic E-state index is 13.8. The van der Waals surface area contributed by atoms with Gasteiger partial charge in [0.15, 0.2) is 4.80 Å². The predicted octanol–water partition coefficient (Wildman–Crippen LogP) is 4.41. The van der Waals surface area contributed by atoms with Gasteiger partial charge < -0.3 is 9.30 Å². The third kappa shape index (κ3) is 3.85. The van der Waals surface area contributed by atoms with Crippen molar-refractivity contribution >= 4 is 39.1 Å². The number of amides is 1. The molecule has 26 heavy (non-hydrogen) atoms. The molecule has 1 heterocycles. The third-order valence-electron chi connectivity index (χ3n) is 3.68. The van der Waals surface area contributed by atoms with Crippen molar-refractivity contribution in [2.45, 2.75) is 13.5 Å². The molecule has 0 aliphatic carbocycles. The first-order chi connectivity index (χ1) is 12.5. The van der Waals surface area contributed by atoms with Gasteiger partial charge in [0.2, 0.25) is 0 Å². The number of rotatable bonds is 5. The normalized spacial score (nSPS) is 12.1. The summed E-state index contributed by atoms with van der Waals surface area (Å²) in [6.45, 7) is 3.30. The fraction of sp³-hybridized carbons (Fsp3) is 0.222. The molecule has 136 valence electrons. The summed E-state index contributed by atoms with van der Waals surface area (Å²) in [6, 6.07) is 8.56. The lowest BCUT2D eigenvalue weighted by Gasteiger charge is -2.05. The van der Waals surface area contributed by atoms with Crippen LogP contribution in [0.25, 0.3) is 10.2 Å². The predicted molar refractivity (Wildman–Crippen MR) is 97.6 cm³/mol. The summed E-state index contributed by atoms with van der Waals surface area (Å²) >= 11 is 7.25. The average Bonchev–Trinajstić information content (AvgIpc) is 2.91. The van der Waals surface area contributed by atoms with Crippen LogP contribution in [-0.2, 0) is 11.3 Å². The SMILES string of the molecule is CCOCCn1c(=NC(=O)c2c(F)cccc2F)sc2cc(Cl)ccc21. The van der Waals surface area contributed by atoms with Gasteiger partial charge in [0.1, 0.15) is 17.2 Å². The van der Waals surface area contributed by atoms with E-state index in [9.17, 15) is 13.6 Å². The number of aromatic nitrogens is 1. The second-order valence-corrected chi connectivity index (χ2v) is 6.80. The molecule has 0 aliphatic rings. The number of carbonyl (C=O) groups excluding carboxylic acids is 1. The number of fused-ring (bicyclic) bond motifs is 1. The Morgan fingerprint density at radius 3 is 2.69 bits per heavy atom. The fourth-order valence-electron chi connectivity index (χ4n) is 2.49. The van der Waals surface area contributed by atoms with E-state index in [-0.39, 0.29) is 0 Å². The summed E-state index contributed by atoms with van der Waals surface area (Å²) < 4.78 is 35.7. The highest BCUT2D eigenvalue weighted by Gasteiger charge is 2.17. The number of hydrogen-bond donors (Lipinski definition) is 0. The molecule has 0 saturated heterocycles. The van der Waals surface area contributed by atoms with Gasteiger partial charge in [0.05, 0.1) is 16.8 Å². The molecule has 1 amide bonds. The highest BCUT2D eigenvalue weighted by molar-refractivity contribution is 7.16. The highest BCUT2D eigenvalue weighted by atomic mass is 35.5. The summed E-state index contributed by atoms with van der Waals surface area (Å²) in [6.07, 6.45) is 0. The van der Waals surface area contributed by atoms with Crippen LogP contribution in [-0.4, -0.2) is 23.7 Å². The van der Waals surface area contributed by atoms with E-state index in [0.717, 1.165) is 22.3 Å². The molecule has 3 aromatic rings. The zero-order chi connectivity index (χ0) is 18.7. The van der Waals surface area contributed by atoms with E-state index in [0.29, 0.717) is 29.6 Å². The topological polar surface area (TPSA) is 43.6 Å². The molecule has 0 spiro atoms. The van der Waals surface area contributed by atoms with Gasteiger partial charge in [0.25, 0.3) is 5.91 Å². The Morgan fingerprint density at radius 1 is 1.27 bits per heavy atom. The summed E-state index contributed by atoms with van der Waals surface area (Å²) in [5, 5.41) is 0.550. The van der Waals surface area contributed by atoms with E-state index < -0.39 is 23.1 Å². The van der Waals surface area contributed by atoms with Crippen molar-refractivity contribution < 1.29 is 18.3 Å². The largest absolute Gasteiger partial charge is 0.380 e. The Morgan fingerprint density at radius 2 is 2.00 bits per heavy atom. The molecular formula is C18H15ClF2N2O2S. The number of hydrogen-bond acceptors (Lipinski definition) is 3. The average molecular weight is 397 g/mol. The van der Waals surface area contributed by atoms with E-state index in [2.05, 4.69) is 4.99 Å². The summed E-state index contributed by atoms with van der Waals surface area (Å²) in [5.41, 5.74) is 0.152. The second kappa shape index (κ2) is 8.07. The maximum Gasteiger partial charge on any atom is 0.285 e. The molecular weight excluding hydrogens is 382 g/mol. The van der Waals surface area contributed by atoms with Crippen LogP contribution in [0.2, 0.25) is 5.02 Å². The van der Waals surface area contributed by atoms with Crippen LogP contribution in [0, 0.1) is 11.6 Å². The van der Waals surface area contributed by atoms with Crippen LogP contribution < -0.4 is 4.80 Å². The minimum Gasteiger partial charge on any atom is -0.380 e. The van der Waals surface area contributed by atoms with Crippen molar-refractivity contribution in [1.82, 2.24) is 4.57 Å². The minimum absolute atomic E-state index is 0.328. The summed E-state index contributed by atoms with van der Waals surface area (Å²) in [4.78, 5) is 16.7. The van der Waals surface area contributed by atoms with Gasteiger partial charge in [-0.05, 0) is 37.3 Å². The molecule has 3 rings (SSSR count). The standard InChI is InChI=1S/C18H15ClF2N2O2S/c1-2-25-9-8-23-14-7-6-11(19)10-15(14)26-18(23)22-17(24)16-12(20)4-3-5-13(16)21/h3-7,10H,2,8-9H2,1H3. The molecule has 8 heteroatoms. The number of thiazole rings is 1. The van der Waals surface area contributed by atoms with Gasteiger partial charge in [-0.3, -0.25) is 4.79 Å². The third-order valence-corrected chi connectivity index (χ3v) is 4.96. The molecule has 0 unspecified atom stereocenters. The molecule has 4 nitrogen and oxygen atoms in total.